The predicted molar refractivity (Wildman–Crippen MR) is 73.0 cm³/mol. The summed E-state index contributed by atoms with van der Waals surface area (Å²) in [5.74, 6) is -1.28. The van der Waals surface area contributed by atoms with E-state index in [0.29, 0.717) is 26.2 Å². The van der Waals surface area contributed by atoms with E-state index in [9.17, 15) is 18.0 Å². The highest BCUT2D eigenvalue weighted by atomic mass is 32.2. The molecule has 1 atom stereocenters. The van der Waals surface area contributed by atoms with Gasteiger partial charge in [0.25, 0.3) is 0 Å². The van der Waals surface area contributed by atoms with Crippen molar-refractivity contribution in [2.75, 3.05) is 44.7 Å². The zero-order valence-electron chi connectivity index (χ0n) is 11.5. The number of sulfone groups is 1. The fraction of sp³-hybridized carbons (Fsp3) is 0.818. The number of hydrogen-bond acceptors (Lipinski definition) is 6. The lowest BCUT2D eigenvalue weighted by Crippen LogP contribution is -2.54. The van der Waals surface area contributed by atoms with Crippen molar-refractivity contribution in [2.45, 2.75) is 12.5 Å². The van der Waals surface area contributed by atoms with Crippen molar-refractivity contribution in [1.82, 2.24) is 9.80 Å². The van der Waals surface area contributed by atoms with Crippen molar-refractivity contribution in [3.8, 4) is 0 Å². The molecule has 1 aliphatic rings. The molecule has 0 saturated carbocycles. The molecule has 1 unspecified atom stereocenters. The molecule has 9 heteroatoms. The van der Waals surface area contributed by atoms with E-state index in [-0.39, 0.29) is 24.6 Å². The van der Waals surface area contributed by atoms with Crippen molar-refractivity contribution in [3.63, 3.8) is 0 Å². The molecule has 0 radical (unpaired) electrons. The van der Waals surface area contributed by atoms with Gasteiger partial charge >= 0.3 is 5.97 Å². The first-order valence-corrected chi connectivity index (χ1v) is 8.41. The Kier molecular flexibility index (Phi) is 5.90. The van der Waals surface area contributed by atoms with Crippen LogP contribution in [-0.4, -0.2) is 86.0 Å². The van der Waals surface area contributed by atoms with Crippen LogP contribution in [0.15, 0.2) is 0 Å². The first-order chi connectivity index (χ1) is 9.19. The Balaban J connectivity index is 2.40. The molecule has 0 aromatic carbocycles. The number of carbonyl (C=O) groups excluding carboxylic acids is 1. The maximum atomic E-state index is 12.0. The van der Waals surface area contributed by atoms with Crippen LogP contribution in [0, 0.1) is 0 Å². The Morgan fingerprint density at radius 3 is 2.25 bits per heavy atom. The first kappa shape index (κ1) is 16.9. The SMILES string of the molecule is CS(=O)(=O)CCC(N)C(=O)N1CCN(CC(=O)O)CC1. The van der Waals surface area contributed by atoms with Crippen LogP contribution in [0.2, 0.25) is 0 Å². The molecule has 0 bridgehead atoms. The van der Waals surface area contributed by atoms with Crippen molar-refractivity contribution < 1.29 is 23.1 Å². The number of nitrogens with two attached hydrogens (primary N) is 1. The minimum atomic E-state index is -3.13. The van der Waals surface area contributed by atoms with Gasteiger partial charge in [0.05, 0.1) is 18.3 Å². The summed E-state index contributed by atoms with van der Waals surface area (Å²) < 4.78 is 22.1. The third kappa shape index (κ3) is 5.85. The number of rotatable bonds is 6. The summed E-state index contributed by atoms with van der Waals surface area (Å²) in [7, 11) is -3.13. The Morgan fingerprint density at radius 1 is 1.25 bits per heavy atom. The van der Waals surface area contributed by atoms with Gasteiger partial charge in [-0.05, 0) is 6.42 Å². The van der Waals surface area contributed by atoms with Crippen LogP contribution in [0.25, 0.3) is 0 Å². The first-order valence-electron chi connectivity index (χ1n) is 6.35. The second kappa shape index (κ2) is 7.00. The molecular formula is C11H21N3O5S. The lowest BCUT2D eigenvalue weighted by Gasteiger charge is -2.35. The number of carboxylic acid groups (broad SMARTS) is 1. The lowest BCUT2D eigenvalue weighted by molar-refractivity contribution is -0.139. The molecule has 1 saturated heterocycles. The summed E-state index contributed by atoms with van der Waals surface area (Å²) >= 11 is 0. The fourth-order valence-corrected chi connectivity index (χ4v) is 2.70. The van der Waals surface area contributed by atoms with E-state index in [2.05, 4.69) is 0 Å². The van der Waals surface area contributed by atoms with Crippen molar-refractivity contribution in [1.29, 1.82) is 0 Å². The highest BCUT2D eigenvalue weighted by molar-refractivity contribution is 7.90. The lowest BCUT2D eigenvalue weighted by atomic mass is 10.2. The molecule has 0 spiro atoms. The number of carboxylic acids is 1. The number of piperazine rings is 1. The van der Waals surface area contributed by atoms with Crippen LogP contribution in [0.3, 0.4) is 0 Å². The molecule has 20 heavy (non-hydrogen) atoms. The Hall–Kier alpha value is -1.19. The van der Waals surface area contributed by atoms with Crippen molar-refractivity contribution >= 4 is 21.7 Å². The van der Waals surface area contributed by atoms with E-state index in [0.717, 1.165) is 6.26 Å². The molecule has 0 aromatic rings. The molecule has 1 rings (SSSR count). The predicted octanol–water partition coefficient (Wildman–Crippen LogP) is -2.02. The largest absolute Gasteiger partial charge is 0.480 e. The van der Waals surface area contributed by atoms with Crippen LogP contribution in [-0.2, 0) is 19.4 Å². The Labute approximate surface area is 118 Å². The van der Waals surface area contributed by atoms with Gasteiger partial charge in [0.1, 0.15) is 9.84 Å². The summed E-state index contributed by atoms with van der Waals surface area (Å²) in [5.41, 5.74) is 5.71. The van der Waals surface area contributed by atoms with Crippen LogP contribution in [0.1, 0.15) is 6.42 Å². The van der Waals surface area contributed by atoms with Gasteiger partial charge in [0.2, 0.25) is 5.91 Å². The Bertz CT molecular complexity index is 457. The second-order valence-electron chi connectivity index (χ2n) is 5.02. The molecule has 1 amide bonds. The maximum Gasteiger partial charge on any atom is 0.317 e. The monoisotopic (exact) mass is 307 g/mol. The van der Waals surface area contributed by atoms with Crippen LogP contribution in [0.5, 0.6) is 0 Å². The van der Waals surface area contributed by atoms with Gasteiger partial charge in [-0.3, -0.25) is 14.5 Å². The van der Waals surface area contributed by atoms with Gasteiger partial charge in [-0.1, -0.05) is 0 Å². The minimum Gasteiger partial charge on any atom is -0.480 e. The Morgan fingerprint density at radius 2 is 1.80 bits per heavy atom. The maximum absolute atomic E-state index is 12.0. The molecule has 3 N–H and O–H groups in total. The van der Waals surface area contributed by atoms with Gasteiger partial charge in [0.15, 0.2) is 0 Å². The quantitative estimate of drug-likeness (QED) is 0.581. The zero-order chi connectivity index (χ0) is 15.3. The second-order valence-corrected chi connectivity index (χ2v) is 7.28. The smallest absolute Gasteiger partial charge is 0.317 e. The van der Waals surface area contributed by atoms with E-state index >= 15 is 0 Å². The standard InChI is InChI=1S/C11H21N3O5S/c1-20(18,19)7-2-9(12)11(17)14-5-3-13(4-6-14)8-10(15)16/h9H,2-8,12H2,1H3,(H,15,16). The van der Waals surface area contributed by atoms with E-state index in [1.54, 1.807) is 9.80 Å². The summed E-state index contributed by atoms with van der Waals surface area (Å²) in [4.78, 5) is 25.9. The number of aliphatic carboxylic acids is 1. The van der Waals surface area contributed by atoms with Crippen molar-refractivity contribution in [2.24, 2.45) is 5.73 Å². The molecule has 8 nitrogen and oxygen atoms in total. The molecular weight excluding hydrogens is 286 g/mol. The van der Waals surface area contributed by atoms with E-state index in [1.165, 1.54) is 0 Å². The van der Waals surface area contributed by atoms with Crippen LogP contribution < -0.4 is 5.73 Å². The van der Waals surface area contributed by atoms with Crippen LogP contribution in [0.4, 0.5) is 0 Å². The fourth-order valence-electron chi connectivity index (χ4n) is 2.02. The third-order valence-corrected chi connectivity index (χ3v) is 4.14. The highest BCUT2D eigenvalue weighted by Crippen LogP contribution is 2.05. The molecule has 0 aromatic heterocycles. The summed E-state index contributed by atoms with van der Waals surface area (Å²) in [6, 6.07) is -0.823. The summed E-state index contributed by atoms with van der Waals surface area (Å²) in [5, 5.41) is 8.68. The topological polar surface area (TPSA) is 121 Å². The van der Waals surface area contributed by atoms with Gasteiger partial charge in [-0.15, -0.1) is 0 Å². The summed E-state index contributed by atoms with van der Waals surface area (Å²) in [6.07, 6.45) is 1.21. The molecule has 0 aliphatic carbocycles. The molecule has 1 heterocycles. The molecule has 1 aliphatic heterocycles. The zero-order valence-corrected chi connectivity index (χ0v) is 12.3. The van der Waals surface area contributed by atoms with Gasteiger partial charge < -0.3 is 15.7 Å². The van der Waals surface area contributed by atoms with Gasteiger partial charge in [0, 0.05) is 32.4 Å². The van der Waals surface area contributed by atoms with E-state index < -0.39 is 21.8 Å². The average Bonchev–Trinajstić information content (AvgIpc) is 2.34. The highest BCUT2D eigenvalue weighted by Gasteiger charge is 2.26. The minimum absolute atomic E-state index is 0.0395. The van der Waals surface area contributed by atoms with Crippen molar-refractivity contribution in [3.05, 3.63) is 0 Å². The normalized spacial score (nSPS) is 18.8. The van der Waals surface area contributed by atoms with Gasteiger partial charge in [-0.25, -0.2) is 8.42 Å². The number of hydrogen-bond donors (Lipinski definition) is 2. The molecule has 116 valence electrons. The van der Waals surface area contributed by atoms with E-state index in [4.69, 9.17) is 10.8 Å². The van der Waals surface area contributed by atoms with E-state index in [1.807, 2.05) is 0 Å². The average molecular weight is 307 g/mol. The third-order valence-electron chi connectivity index (χ3n) is 3.16. The van der Waals surface area contributed by atoms with Gasteiger partial charge in [-0.2, -0.15) is 0 Å². The number of nitrogens with zero attached hydrogens (tertiary/aromatic N) is 2. The number of carbonyl (C=O) groups is 2. The number of amides is 1. The summed E-state index contributed by atoms with van der Waals surface area (Å²) in [6.45, 7) is 1.76. The van der Waals surface area contributed by atoms with Crippen LogP contribution >= 0.6 is 0 Å². The molecule has 1 fully saturated rings.